The quantitative estimate of drug-likeness (QED) is 0.217. The van der Waals surface area contributed by atoms with Crippen LogP contribution in [-0.4, -0.2) is 57.0 Å². The van der Waals surface area contributed by atoms with Crippen molar-refractivity contribution in [3.05, 3.63) is 35.4 Å². The third-order valence-electron chi connectivity index (χ3n) is 4.52. The number of hydrogen-bond acceptors (Lipinski definition) is 3. The number of carbonyl (C=O) groups excluding carboxylic acids is 1. The van der Waals surface area contributed by atoms with Crippen LogP contribution in [0.3, 0.4) is 0 Å². The number of guanidine groups is 1. The van der Waals surface area contributed by atoms with E-state index in [2.05, 4.69) is 73.1 Å². The highest BCUT2D eigenvalue weighted by molar-refractivity contribution is 14.0. The number of aryl methyl sites for hydroxylation is 1. The number of rotatable bonds is 9. The molecule has 27 heavy (non-hydrogen) atoms. The number of carbonyl (C=O) groups is 1. The summed E-state index contributed by atoms with van der Waals surface area (Å²) in [6.07, 6.45) is 2.07. The van der Waals surface area contributed by atoms with Gasteiger partial charge >= 0.3 is 0 Å². The zero-order chi connectivity index (χ0) is 18.9. The summed E-state index contributed by atoms with van der Waals surface area (Å²) in [5.74, 6) is 1.22. The first-order valence-electron chi connectivity index (χ1n) is 9.54. The van der Waals surface area contributed by atoms with E-state index < -0.39 is 0 Å². The van der Waals surface area contributed by atoms with Crippen molar-refractivity contribution in [3.8, 4) is 0 Å². The van der Waals surface area contributed by atoms with E-state index >= 15 is 0 Å². The lowest BCUT2D eigenvalue weighted by Crippen LogP contribution is -2.42. The first kappa shape index (κ1) is 23.7. The molecule has 1 saturated carbocycles. The van der Waals surface area contributed by atoms with E-state index in [9.17, 15) is 4.79 Å². The molecule has 0 spiro atoms. The Balaban J connectivity index is 0.00000364. The van der Waals surface area contributed by atoms with Crippen molar-refractivity contribution in [2.75, 3.05) is 40.3 Å². The molecule has 3 N–H and O–H groups in total. The molecule has 6 nitrogen and oxygen atoms in total. The molecule has 152 valence electrons. The third kappa shape index (κ3) is 8.47. The Labute approximate surface area is 180 Å². The largest absolute Gasteiger partial charge is 0.357 e. The number of amides is 1. The van der Waals surface area contributed by atoms with Crippen LogP contribution >= 0.6 is 24.0 Å². The molecule has 1 aliphatic carbocycles. The maximum absolute atomic E-state index is 11.7. The fourth-order valence-corrected chi connectivity index (χ4v) is 2.73. The summed E-state index contributed by atoms with van der Waals surface area (Å²) in [6, 6.07) is 8.84. The van der Waals surface area contributed by atoms with Gasteiger partial charge in [-0.3, -0.25) is 9.79 Å². The molecule has 0 radical (unpaired) electrons. The maximum atomic E-state index is 11.7. The van der Waals surface area contributed by atoms with Gasteiger partial charge < -0.3 is 20.9 Å². The summed E-state index contributed by atoms with van der Waals surface area (Å²) >= 11 is 0. The number of likely N-dealkylation sites (N-methyl/N-ethyl adjacent to an activating group) is 1. The van der Waals surface area contributed by atoms with Crippen molar-refractivity contribution in [3.63, 3.8) is 0 Å². The van der Waals surface area contributed by atoms with Gasteiger partial charge in [0, 0.05) is 25.6 Å². The Morgan fingerprint density at radius 2 is 1.78 bits per heavy atom. The number of benzene rings is 1. The van der Waals surface area contributed by atoms with Crippen LogP contribution in [0.2, 0.25) is 0 Å². The standard InChI is InChI=1S/C20H33N5O.HI/c1-5-21-20(23-13-12-22-19(26)17-10-11-17)24-14-18(25(3)4)16-8-6-15(2)7-9-16;/h6-9,17-18H,5,10-14H2,1-4H3,(H,22,26)(H2,21,23,24);1H. The summed E-state index contributed by atoms with van der Waals surface area (Å²) in [5, 5.41) is 9.53. The fourth-order valence-electron chi connectivity index (χ4n) is 2.73. The summed E-state index contributed by atoms with van der Waals surface area (Å²) < 4.78 is 0. The van der Waals surface area contributed by atoms with E-state index in [1.54, 1.807) is 0 Å². The van der Waals surface area contributed by atoms with Crippen molar-refractivity contribution in [1.29, 1.82) is 0 Å². The molecule has 0 aliphatic heterocycles. The van der Waals surface area contributed by atoms with Gasteiger partial charge in [0.1, 0.15) is 0 Å². The van der Waals surface area contributed by atoms with Crippen molar-refractivity contribution in [2.24, 2.45) is 10.9 Å². The van der Waals surface area contributed by atoms with Gasteiger partial charge in [-0.1, -0.05) is 29.8 Å². The third-order valence-corrected chi connectivity index (χ3v) is 4.52. The zero-order valence-electron chi connectivity index (χ0n) is 16.9. The second-order valence-electron chi connectivity index (χ2n) is 7.10. The van der Waals surface area contributed by atoms with E-state index in [0.717, 1.165) is 25.3 Å². The molecule has 0 heterocycles. The zero-order valence-corrected chi connectivity index (χ0v) is 19.2. The number of aliphatic imine (C=N–C) groups is 1. The molecule has 2 rings (SSSR count). The lowest BCUT2D eigenvalue weighted by atomic mass is 10.0. The molecular formula is C20H34IN5O. The molecule has 0 aromatic heterocycles. The lowest BCUT2D eigenvalue weighted by molar-refractivity contribution is -0.122. The van der Waals surface area contributed by atoms with Gasteiger partial charge in [0.05, 0.1) is 12.6 Å². The number of nitrogens with zero attached hydrogens (tertiary/aromatic N) is 2. The second kappa shape index (κ2) is 12.2. The van der Waals surface area contributed by atoms with Gasteiger partial charge in [0.2, 0.25) is 5.91 Å². The molecule has 0 saturated heterocycles. The molecule has 1 aliphatic rings. The van der Waals surface area contributed by atoms with Crippen molar-refractivity contribution in [1.82, 2.24) is 20.9 Å². The topological polar surface area (TPSA) is 68.8 Å². The first-order chi connectivity index (χ1) is 12.5. The molecule has 1 aromatic rings. The van der Waals surface area contributed by atoms with Crippen LogP contribution in [0.4, 0.5) is 0 Å². The monoisotopic (exact) mass is 487 g/mol. The van der Waals surface area contributed by atoms with Crippen LogP contribution in [-0.2, 0) is 4.79 Å². The average Bonchev–Trinajstić information content (AvgIpc) is 3.45. The highest BCUT2D eigenvalue weighted by atomic mass is 127. The lowest BCUT2D eigenvalue weighted by Gasteiger charge is -2.24. The van der Waals surface area contributed by atoms with Crippen molar-refractivity contribution < 1.29 is 4.79 Å². The smallest absolute Gasteiger partial charge is 0.223 e. The summed E-state index contributed by atoms with van der Waals surface area (Å²) in [6.45, 7) is 6.91. The van der Waals surface area contributed by atoms with Gasteiger partial charge in [-0.05, 0) is 46.3 Å². The maximum Gasteiger partial charge on any atom is 0.223 e. The second-order valence-corrected chi connectivity index (χ2v) is 7.10. The van der Waals surface area contributed by atoms with Crippen LogP contribution in [0.1, 0.15) is 36.9 Å². The van der Waals surface area contributed by atoms with E-state index in [0.29, 0.717) is 19.6 Å². The highest BCUT2D eigenvalue weighted by Crippen LogP contribution is 2.28. The van der Waals surface area contributed by atoms with E-state index in [1.807, 2.05) is 0 Å². The minimum Gasteiger partial charge on any atom is -0.357 e. The highest BCUT2D eigenvalue weighted by Gasteiger charge is 2.28. The molecule has 1 fully saturated rings. The van der Waals surface area contributed by atoms with E-state index in [-0.39, 0.29) is 41.8 Å². The van der Waals surface area contributed by atoms with Gasteiger partial charge in [0.15, 0.2) is 5.96 Å². The van der Waals surface area contributed by atoms with E-state index in [4.69, 9.17) is 4.99 Å². The molecule has 1 amide bonds. The van der Waals surface area contributed by atoms with Crippen molar-refractivity contribution in [2.45, 2.75) is 32.7 Å². The van der Waals surface area contributed by atoms with Crippen molar-refractivity contribution >= 4 is 35.8 Å². The van der Waals surface area contributed by atoms with Crippen LogP contribution in [0.15, 0.2) is 29.3 Å². The SMILES string of the molecule is CCNC(=NCC(c1ccc(C)cc1)N(C)C)NCCNC(=O)C1CC1.I. The minimum atomic E-state index is 0. The fraction of sp³-hybridized carbons (Fsp3) is 0.600. The predicted molar refractivity (Wildman–Crippen MR) is 123 cm³/mol. The Hall–Kier alpha value is -1.35. The molecule has 0 bridgehead atoms. The van der Waals surface area contributed by atoms with Gasteiger partial charge in [0.25, 0.3) is 0 Å². The Kier molecular flexibility index (Phi) is 10.7. The van der Waals surface area contributed by atoms with E-state index in [1.165, 1.54) is 11.1 Å². The number of halogens is 1. The Bertz CT molecular complexity index is 599. The summed E-state index contributed by atoms with van der Waals surface area (Å²) in [5.41, 5.74) is 2.52. The molecule has 7 heteroatoms. The Morgan fingerprint density at radius 3 is 2.33 bits per heavy atom. The molecule has 1 aromatic carbocycles. The molecular weight excluding hydrogens is 453 g/mol. The van der Waals surface area contributed by atoms with Gasteiger partial charge in [-0.25, -0.2) is 0 Å². The van der Waals surface area contributed by atoms with Crippen LogP contribution in [0, 0.1) is 12.8 Å². The average molecular weight is 487 g/mol. The van der Waals surface area contributed by atoms with Gasteiger partial charge in [-0.2, -0.15) is 0 Å². The normalized spacial score (nSPS) is 15.1. The summed E-state index contributed by atoms with van der Waals surface area (Å²) in [4.78, 5) is 18.6. The minimum absolute atomic E-state index is 0. The van der Waals surface area contributed by atoms with Gasteiger partial charge in [-0.15, -0.1) is 24.0 Å². The Morgan fingerprint density at radius 1 is 1.15 bits per heavy atom. The number of hydrogen-bond donors (Lipinski definition) is 3. The number of nitrogens with one attached hydrogen (secondary N) is 3. The summed E-state index contributed by atoms with van der Waals surface area (Å²) in [7, 11) is 4.15. The molecule has 1 atom stereocenters. The van der Waals surface area contributed by atoms with Crippen LogP contribution in [0.5, 0.6) is 0 Å². The predicted octanol–water partition coefficient (Wildman–Crippen LogP) is 2.30. The van der Waals surface area contributed by atoms with Crippen LogP contribution in [0.25, 0.3) is 0 Å². The molecule has 1 unspecified atom stereocenters. The van der Waals surface area contributed by atoms with Crippen LogP contribution < -0.4 is 16.0 Å². The first-order valence-corrected chi connectivity index (χ1v) is 9.54.